The fourth-order valence-corrected chi connectivity index (χ4v) is 4.70. The summed E-state index contributed by atoms with van der Waals surface area (Å²) in [5.74, 6) is -0.00376. The van der Waals surface area contributed by atoms with E-state index in [4.69, 9.17) is 19.2 Å². The Morgan fingerprint density at radius 2 is 1.88 bits per heavy atom. The summed E-state index contributed by atoms with van der Waals surface area (Å²) in [7, 11) is 2.95. The number of methoxy groups -OCH3 is 2. The molecule has 1 aliphatic rings. The van der Waals surface area contributed by atoms with Crippen LogP contribution in [0.2, 0.25) is 0 Å². The lowest BCUT2D eigenvalue weighted by Crippen LogP contribution is -2.43. The molecule has 3 aromatic rings. The number of anilines is 1. The highest BCUT2D eigenvalue weighted by Crippen LogP contribution is 2.33. The highest BCUT2D eigenvalue weighted by atomic mass is 32.1. The zero-order valence-electron chi connectivity index (χ0n) is 18.8. The van der Waals surface area contributed by atoms with Gasteiger partial charge >= 0.3 is 6.01 Å². The third-order valence-electron chi connectivity index (χ3n) is 5.44. The molecule has 3 heterocycles. The minimum absolute atomic E-state index is 0.0804. The molecule has 170 valence electrons. The predicted octanol–water partition coefficient (Wildman–Crippen LogP) is 2.70. The normalized spacial score (nSPS) is 14.5. The molecule has 1 aliphatic heterocycles. The van der Waals surface area contributed by atoms with Crippen molar-refractivity contribution in [2.75, 3.05) is 58.5 Å². The number of ether oxygens (including phenoxy) is 3. The van der Waals surface area contributed by atoms with Crippen LogP contribution in [0.25, 0.3) is 10.2 Å². The molecule has 1 amide bonds. The minimum atomic E-state index is -0.272. The number of carbonyl (C=O) groups is 1. The van der Waals surface area contributed by atoms with E-state index in [1.807, 2.05) is 6.92 Å². The summed E-state index contributed by atoms with van der Waals surface area (Å²) >= 11 is 1.52. The first-order valence-electron chi connectivity index (χ1n) is 10.5. The van der Waals surface area contributed by atoms with Crippen molar-refractivity contribution in [2.24, 2.45) is 0 Å². The number of hydrogen-bond acceptors (Lipinski definition) is 9. The van der Waals surface area contributed by atoms with Gasteiger partial charge in [-0.15, -0.1) is 0 Å². The number of aryl methyl sites for hydroxylation is 2. The van der Waals surface area contributed by atoms with Gasteiger partial charge in [-0.3, -0.25) is 14.6 Å². The number of nitrogens with zero attached hydrogens (tertiary/aromatic N) is 5. The molecular weight excluding hydrogens is 430 g/mol. The fourth-order valence-electron chi connectivity index (χ4n) is 3.56. The van der Waals surface area contributed by atoms with Crippen LogP contribution in [-0.4, -0.2) is 79.4 Å². The third kappa shape index (κ3) is 4.67. The van der Waals surface area contributed by atoms with Crippen LogP contribution >= 0.6 is 11.3 Å². The maximum absolute atomic E-state index is 13.6. The van der Waals surface area contributed by atoms with Crippen LogP contribution in [0.1, 0.15) is 21.6 Å². The molecule has 0 unspecified atom stereocenters. The second kappa shape index (κ2) is 9.76. The number of aromatic nitrogens is 3. The van der Waals surface area contributed by atoms with E-state index < -0.39 is 0 Å². The van der Waals surface area contributed by atoms with E-state index in [0.29, 0.717) is 31.4 Å². The van der Waals surface area contributed by atoms with Crippen molar-refractivity contribution >= 4 is 32.6 Å². The first-order valence-corrected chi connectivity index (χ1v) is 11.3. The molecule has 32 heavy (non-hydrogen) atoms. The zero-order valence-corrected chi connectivity index (χ0v) is 19.6. The molecule has 10 heteroatoms. The summed E-state index contributed by atoms with van der Waals surface area (Å²) in [5.41, 5.74) is 3.34. The van der Waals surface area contributed by atoms with Gasteiger partial charge in [-0.1, -0.05) is 23.5 Å². The second-order valence-electron chi connectivity index (χ2n) is 7.57. The van der Waals surface area contributed by atoms with E-state index in [1.165, 1.54) is 31.6 Å². The molecule has 1 fully saturated rings. The van der Waals surface area contributed by atoms with Crippen molar-refractivity contribution in [3.05, 3.63) is 35.0 Å². The molecule has 9 nitrogen and oxygen atoms in total. The van der Waals surface area contributed by atoms with Gasteiger partial charge in [0.15, 0.2) is 5.13 Å². The van der Waals surface area contributed by atoms with Crippen molar-refractivity contribution in [2.45, 2.75) is 13.8 Å². The quantitative estimate of drug-likeness (QED) is 0.535. The highest BCUT2D eigenvalue weighted by molar-refractivity contribution is 7.22. The smallest absolute Gasteiger partial charge is 0.320 e. The van der Waals surface area contributed by atoms with Crippen LogP contribution in [0, 0.1) is 13.8 Å². The fraction of sp³-hybridized carbons (Fsp3) is 0.455. The minimum Gasteiger partial charge on any atom is -0.481 e. The van der Waals surface area contributed by atoms with Gasteiger partial charge in [-0.2, -0.15) is 9.97 Å². The van der Waals surface area contributed by atoms with E-state index in [2.05, 4.69) is 33.9 Å². The van der Waals surface area contributed by atoms with Gasteiger partial charge in [0.25, 0.3) is 5.91 Å². The molecule has 0 bridgehead atoms. The van der Waals surface area contributed by atoms with Gasteiger partial charge in [0.2, 0.25) is 5.88 Å². The van der Waals surface area contributed by atoms with E-state index in [0.717, 1.165) is 34.4 Å². The molecule has 2 aromatic heterocycles. The lowest BCUT2D eigenvalue weighted by Gasteiger charge is -2.29. The Balaban J connectivity index is 1.71. The average Bonchev–Trinajstić information content (AvgIpc) is 3.28. The van der Waals surface area contributed by atoms with Gasteiger partial charge in [0.05, 0.1) is 37.6 Å². The van der Waals surface area contributed by atoms with E-state index in [1.54, 1.807) is 4.90 Å². The maximum Gasteiger partial charge on any atom is 0.320 e. The number of fused-ring (bicyclic) bond motifs is 1. The number of thiazole rings is 1. The molecule has 0 aliphatic carbocycles. The van der Waals surface area contributed by atoms with Crippen molar-refractivity contribution in [3.63, 3.8) is 0 Å². The first kappa shape index (κ1) is 22.4. The monoisotopic (exact) mass is 457 g/mol. The Morgan fingerprint density at radius 3 is 2.56 bits per heavy atom. The van der Waals surface area contributed by atoms with Gasteiger partial charge in [-0.25, -0.2) is 4.98 Å². The standard InChI is InChI=1S/C22H27N5O4S/c1-14-5-6-15(2)19-18(14)25-22(32-19)27(8-7-26-9-11-31-12-10-26)20(28)16-13-17(29-3)24-21(23-16)30-4/h5-6,13H,7-12H2,1-4H3. The summed E-state index contributed by atoms with van der Waals surface area (Å²) in [4.78, 5) is 30.8. The van der Waals surface area contributed by atoms with E-state index >= 15 is 0 Å². The van der Waals surface area contributed by atoms with Crippen LogP contribution in [0.3, 0.4) is 0 Å². The third-order valence-corrected chi connectivity index (χ3v) is 6.66. The van der Waals surface area contributed by atoms with Crippen LogP contribution < -0.4 is 14.4 Å². The molecule has 0 saturated carbocycles. The molecule has 0 radical (unpaired) electrons. The van der Waals surface area contributed by atoms with Gasteiger partial charge in [0.1, 0.15) is 5.69 Å². The lowest BCUT2D eigenvalue weighted by molar-refractivity contribution is 0.0391. The predicted molar refractivity (Wildman–Crippen MR) is 123 cm³/mol. The Hall–Kier alpha value is -2.82. The molecular formula is C22H27N5O4S. The van der Waals surface area contributed by atoms with Crippen molar-refractivity contribution in [1.82, 2.24) is 19.9 Å². The molecule has 0 N–H and O–H groups in total. The number of morpholine rings is 1. The Morgan fingerprint density at radius 1 is 1.12 bits per heavy atom. The number of benzene rings is 1. The molecule has 4 rings (SSSR count). The Labute approximate surface area is 190 Å². The van der Waals surface area contributed by atoms with E-state index in [9.17, 15) is 4.79 Å². The number of amides is 1. The summed E-state index contributed by atoms with van der Waals surface area (Å²) in [5, 5.41) is 0.646. The maximum atomic E-state index is 13.6. The number of hydrogen-bond donors (Lipinski definition) is 0. The summed E-state index contributed by atoms with van der Waals surface area (Å²) in [6.07, 6.45) is 0. The van der Waals surface area contributed by atoms with Crippen molar-refractivity contribution in [1.29, 1.82) is 0 Å². The van der Waals surface area contributed by atoms with Gasteiger partial charge < -0.3 is 14.2 Å². The van der Waals surface area contributed by atoms with Crippen LogP contribution in [0.15, 0.2) is 18.2 Å². The Kier molecular flexibility index (Phi) is 6.83. The summed E-state index contributed by atoms with van der Waals surface area (Å²) in [6.45, 7) is 8.37. The SMILES string of the molecule is COc1cc(C(=O)N(CCN2CCOCC2)c2nc3c(C)ccc(C)c3s2)nc(OC)n1. The van der Waals surface area contributed by atoms with Gasteiger partial charge in [-0.05, 0) is 25.0 Å². The highest BCUT2D eigenvalue weighted by Gasteiger charge is 2.26. The largest absolute Gasteiger partial charge is 0.481 e. The Bertz CT molecular complexity index is 1050. The van der Waals surface area contributed by atoms with Crippen molar-refractivity contribution in [3.8, 4) is 11.9 Å². The number of rotatable bonds is 7. The van der Waals surface area contributed by atoms with Crippen LogP contribution in [0.4, 0.5) is 5.13 Å². The van der Waals surface area contributed by atoms with Crippen LogP contribution in [0.5, 0.6) is 11.9 Å². The zero-order chi connectivity index (χ0) is 22.7. The van der Waals surface area contributed by atoms with Crippen molar-refractivity contribution < 1.29 is 19.0 Å². The van der Waals surface area contributed by atoms with Gasteiger partial charge in [0, 0.05) is 32.2 Å². The molecule has 0 spiro atoms. The first-order chi connectivity index (χ1) is 15.5. The topological polar surface area (TPSA) is 89.9 Å². The summed E-state index contributed by atoms with van der Waals surface area (Å²) < 4.78 is 16.9. The average molecular weight is 458 g/mol. The lowest BCUT2D eigenvalue weighted by atomic mass is 10.1. The molecule has 1 saturated heterocycles. The second-order valence-corrected chi connectivity index (χ2v) is 8.54. The number of carbonyl (C=O) groups excluding carboxylic acids is 1. The summed E-state index contributed by atoms with van der Waals surface area (Å²) in [6, 6.07) is 5.74. The molecule has 0 atom stereocenters. The van der Waals surface area contributed by atoms with Crippen LogP contribution in [-0.2, 0) is 4.74 Å². The molecule has 1 aromatic carbocycles. The van der Waals surface area contributed by atoms with E-state index in [-0.39, 0.29) is 23.5 Å².